The first-order valence-electron chi connectivity index (χ1n) is 7.00. The molecular formula is C15H21N3O. The van der Waals surface area contributed by atoms with E-state index in [1.165, 1.54) is 6.42 Å². The quantitative estimate of drug-likeness (QED) is 0.664. The van der Waals surface area contributed by atoms with E-state index in [2.05, 4.69) is 34.0 Å². The lowest BCUT2D eigenvalue weighted by Crippen LogP contribution is -2.20. The van der Waals surface area contributed by atoms with Crippen LogP contribution in [-0.2, 0) is 0 Å². The molecule has 0 radical (unpaired) electrons. The highest BCUT2D eigenvalue weighted by Gasteiger charge is 2.16. The lowest BCUT2D eigenvalue weighted by atomic mass is 10.2. The third-order valence-corrected chi connectivity index (χ3v) is 2.99. The van der Waals surface area contributed by atoms with Gasteiger partial charge in [-0.05, 0) is 32.2 Å². The van der Waals surface area contributed by atoms with E-state index in [-0.39, 0.29) is 6.10 Å². The predicted octanol–water partition coefficient (Wildman–Crippen LogP) is 2.07. The Labute approximate surface area is 115 Å². The highest BCUT2D eigenvalue weighted by Crippen LogP contribution is 2.13. The van der Waals surface area contributed by atoms with Crippen molar-refractivity contribution < 1.29 is 4.74 Å². The summed E-state index contributed by atoms with van der Waals surface area (Å²) in [6.45, 7) is 5.94. The van der Waals surface area contributed by atoms with Crippen LogP contribution >= 0.6 is 0 Å². The number of nitrogens with one attached hydrogen (secondary N) is 1. The molecule has 1 unspecified atom stereocenters. The van der Waals surface area contributed by atoms with Crippen molar-refractivity contribution >= 4 is 0 Å². The molecule has 19 heavy (non-hydrogen) atoms. The van der Waals surface area contributed by atoms with Crippen molar-refractivity contribution in [2.24, 2.45) is 0 Å². The molecule has 1 fully saturated rings. The summed E-state index contributed by atoms with van der Waals surface area (Å²) in [5.74, 6) is 7.58. The SMILES string of the molecule is CCCCC#Cc1cc(OC2CCNC2)nc(C)n1. The number of hydrogen-bond acceptors (Lipinski definition) is 4. The molecule has 1 aliphatic heterocycles. The predicted molar refractivity (Wildman–Crippen MR) is 75.1 cm³/mol. The van der Waals surface area contributed by atoms with Gasteiger partial charge in [0, 0.05) is 19.0 Å². The van der Waals surface area contributed by atoms with Crippen LogP contribution in [0.1, 0.15) is 44.1 Å². The molecule has 0 saturated carbocycles. The number of hydrogen-bond donors (Lipinski definition) is 1. The molecule has 4 nitrogen and oxygen atoms in total. The molecule has 1 aromatic rings. The van der Waals surface area contributed by atoms with Crippen LogP contribution in [0.15, 0.2) is 6.07 Å². The fourth-order valence-corrected chi connectivity index (χ4v) is 1.98. The second-order valence-electron chi connectivity index (χ2n) is 4.78. The van der Waals surface area contributed by atoms with Crippen LogP contribution in [-0.4, -0.2) is 29.2 Å². The van der Waals surface area contributed by atoms with Gasteiger partial charge in [0.2, 0.25) is 5.88 Å². The first-order valence-corrected chi connectivity index (χ1v) is 7.00. The van der Waals surface area contributed by atoms with Gasteiger partial charge in [0.15, 0.2) is 0 Å². The Morgan fingerprint density at radius 3 is 3.11 bits per heavy atom. The first-order chi connectivity index (χ1) is 9.28. The van der Waals surface area contributed by atoms with Gasteiger partial charge in [0.25, 0.3) is 0 Å². The maximum Gasteiger partial charge on any atom is 0.218 e. The Morgan fingerprint density at radius 1 is 1.47 bits per heavy atom. The van der Waals surface area contributed by atoms with Crippen LogP contribution in [0.3, 0.4) is 0 Å². The van der Waals surface area contributed by atoms with Gasteiger partial charge >= 0.3 is 0 Å². The maximum atomic E-state index is 5.84. The lowest BCUT2D eigenvalue weighted by Gasteiger charge is -2.11. The van der Waals surface area contributed by atoms with Gasteiger partial charge in [-0.15, -0.1) is 0 Å². The number of ether oxygens (including phenoxy) is 1. The summed E-state index contributed by atoms with van der Waals surface area (Å²) in [6, 6.07) is 1.84. The van der Waals surface area contributed by atoms with Gasteiger partial charge < -0.3 is 10.1 Å². The van der Waals surface area contributed by atoms with E-state index in [4.69, 9.17) is 4.74 Å². The zero-order chi connectivity index (χ0) is 13.5. The van der Waals surface area contributed by atoms with Crippen LogP contribution in [0.2, 0.25) is 0 Å². The maximum absolute atomic E-state index is 5.84. The van der Waals surface area contributed by atoms with Gasteiger partial charge in [-0.25, -0.2) is 4.98 Å². The summed E-state index contributed by atoms with van der Waals surface area (Å²) in [5, 5.41) is 3.27. The fraction of sp³-hybridized carbons (Fsp3) is 0.600. The van der Waals surface area contributed by atoms with Crippen molar-refractivity contribution in [3.05, 3.63) is 17.6 Å². The van der Waals surface area contributed by atoms with Crippen molar-refractivity contribution in [1.29, 1.82) is 0 Å². The highest BCUT2D eigenvalue weighted by atomic mass is 16.5. The molecule has 0 bridgehead atoms. The van der Waals surface area contributed by atoms with Gasteiger partial charge in [-0.3, -0.25) is 0 Å². The van der Waals surface area contributed by atoms with E-state index in [1.54, 1.807) is 0 Å². The standard InChI is InChI=1S/C15H21N3O/c1-3-4-5-6-7-13-10-15(18-12(2)17-13)19-14-8-9-16-11-14/h10,14,16H,3-5,8-9,11H2,1-2H3. The third kappa shape index (κ3) is 4.53. The summed E-state index contributed by atoms with van der Waals surface area (Å²) in [7, 11) is 0. The molecule has 102 valence electrons. The zero-order valence-electron chi connectivity index (χ0n) is 11.7. The highest BCUT2D eigenvalue weighted by molar-refractivity contribution is 5.31. The van der Waals surface area contributed by atoms with E-state index in [1.807, 2.05) is 13.0 Å². The van der Waals surface area contributed by atoms with Gasteiger partial charge in [0.1, 0.15) is 17.6 Å². The Bertz CT molecular complexity index is 470. The van der Waals surface area contributed by atoms with E-state index in [9.17, 15) is 0 Å². The third-order valence-electron chi connectivity index (χ3n) is 2.99. The Morgan fingerprint density at radius 2 is 2.37 bits per heavy atom. The van der Waals surface area contributed by atoms with Crippen molar-refractivity contribution in [2.75, 3.05) is 13.1 Å². The number of aryl methyl sites for hydroxylation is 1. The van der Waals surface area contributed by atoms with E-state index >= 15 is 0 Å². The van der Waals surface area contributed by atoms with Gasteiger partial charge in [-0.1, -0.05) is 19.3 Å². The summed E-state index contributed by atoms with van der Waals surface area (Å²) in [5.41, 5.74) is 0.754. The molecular weight excluding hydrogens is 238 g/mol. The minimum absolute atomic E-state index is 0.218. The molecule has 1 atom stereocenters. The average molecular weight is 259 g/mol. The Balaban J connectivity index is 2.02. The molecule has 1 saturated heterocycles. The lowest BCUT2D eigenvalue weighted by molar-refractivity contribution is 0.213. The molecule has 0 aromatic carbocycles. The Kier molecular flexibility index (Phi) is 5.17. The number of unbranched alkanes of at least 4 members (excludes halogenated alkanes) is 2. The molecule has 2 heterocycles. The zero-order valence-corrected chi connectivity index (χ0v) is 11.7. The van der Waals surface area contributed by atoms with E-state index in [0.29, 0.717) is 11.7 Å². The summed E-state index contributed by atoms with van der Waals surface area (Å²) < 4.78 is 5.84. The molecule has 1 aromatic heterocycles. The van der Waals surface area contributed by atoms with Gasteiger partial charge in [-0.2, -0.15) is 4.98 Å². The van der Waals surface area contributed by atoms with Crippen LogP contribution in [0, 0.1) is 18.8 Å². The normalized spacial score (nSPS) is 17.9. The van der Waals surface area contributed by atoms with Crippen molar-refractivity contribution in [3.8, 4) is 17.7 Å². The van der Waals surface area contributed by atoms with Crippen LogP contribution in [0.4, 0.5) is 0 Å². The summed E-state index contributed by atoms with van der Waals surface area (Å²) in [6.07, 6.45) is 4.47. The topological polar surface area (TPSA) is 47.0 Å². The van der Waals surface area contributed by atoms with E-state index in [0.717, 1.165) is 38.0 Å². The second-order valence-corrected chi connectivity index (χ2v) is 4.78. The van der Waals surface area contributed by atoms with Crippen LogP contribution in [0.5, 0.6) is 5.88 Å². The minimum atomic E-state index is 0.218. The molecule has 0 spiro atoms. The van der Waals surface area contributed by atoms with Crippen molar-refractivity contribution in [3.63, 3.8) is 0 Å². The smallest absolute Gasteiger partial charge is 0.218 e. The van der Waals surface area contributed by atoms with Gasteiger partial charge in [0.05, 0.1) is 0 Å². The summed E-state index contributed by atoms with van der Waals surface area (Å²) >= 11 is 0. The largest absolute Gasteiger partial charge is 0.473 e. The number of nitrogens with zero attached hydrogens (tertiary/aromatic N) is 2. The van der Waals surface area contributed by atoms with E-state index < -0.39 is 0 Å². The monoisotopic (exact) mass is 259 g/mol. The van der Waals surface area contributed by atoms with Crippen LogP contribution in [0.25, 0.3) is 0 Å². The number of rotatable bonds is 4. The summed E-state index contributed by atoms with van der Waals surface area (Å²) in [4.78, 5) is 8.64. The number of aromatic nitrogens is 2. The minimum Gasteiger partial charge on any atom is -0.473 e. The fourth-order valence-electron chi connectivity index (χ4n) is 1.98. The van der Waals surface area contributed by atoms with Crippen LogP contribution < -0.4 is 10.1 Å². The molecule has 2 rings (SSSR count). The average Bonchev–Trinajstić information content (AvgIpc) is 2.87. The van der Waals surface area contributed by atoms with Crippen molar-refractivity contribution in [1.82, 2.24) is 15.3 Å². The molecule has 4 heteroatoms. The Hall–Kier alpha value is -1.60. The first kappa shape index (κ1) is 13.8. The molecule has 0 aliphatic carbocycles. The molecule has 0 amide bonds. The van der Waals surface area contributed by atoms with Crippen molar-refractivity contribution in [2.45, 2.75) is 45.6 Å². The molecule has 1 aliphatic rings. The second kappa shape index (κ2) is 7.10. The molecule has 1 N–H and O–H groups in total.